The molecule has 0 unspecified atom stereocenters. The fourth-order valence-corrected chi connectivity index (χ4v) is 9.13. The summed E-state index contributed by atoms with van der Waals surface area (Å²) >= 11 is 0. The molecule has 0 aliphatic carbocycles. The maximum atomic E-state index is 4.53. The van der Waals surface area contributed by atoms with Gasteiger partial charge in [0, 0.05) is 11.8 Å². The molecule has 0 saturated carbocycles. The van der Waals surface area contributed by atoms with Crippen LogP contribution in [0.25, 0.3) is 55.8 Å². The van der Waals surface area contributed by atoms with Crippen LogP contribution in [0.15, 0.2) is 140 Å². The van der Waals surface area contributed by atoms with Gasteiger partial charge in [0.25, 0.3) is 0 Å². The van der Waals surface area contributed by atoms with Crippen molar-refractivity contribution < 1.29 is 0 Å². The Morgan fingerprint density at radius 2 is 0.923 bits per heavy atom. The minimum Gasteiger partial charge on any atom is -0.256 e. The third-order valence-electron chi connectivity index (χ3n) is 8.13. The third kappa shape index (κ3) is 4.14. The van der Waals surface area contributed by atoms with E-state index in [9.17, 15) is 0 Å². The van der Waals surface area contributed by atoms with Crippen LogP contribution in [0.2, 0.25) is 13.1 Å². The lowest BCUT2D eigenvalue weighted by molar-refractivity contribution is 1.33. The van der Waals surface area contributed by atoms with Crippen molar-refractivity contribution in [2.24, 2.45) is 0 Å². The molecule has 0 fully saturated rings. The van der Waals surface area contributed by atoms with E-state index in [2.05, 4.69) is 139 Å². The van der Waals surface area contributed by atoms with Crippen molar-refractivity contribution in [3.8, 4) is 55.8 Å². The molecular formula is C37H29NSi. The Bertz CT molecular complexity index is 1830. The van der Waals surface area contributed by atoms with Crippen LogP contribution < -0.4 is 10.4 Å². The Balaban J connectivity index is 1.24. The molecule has 0 radical (unpaired) electrons. The first-order valence-corrected chi connectivity index (χ1v) is 16.5. The summed E-state index contributed by atoms with van der Waals surface area (Å²) in [6, 6.07) is 48.6. The lowest BCUT2D eigenvalue weighted by atomic mass is 9.95. The average molecular weight is 516 g/mol. The molecular weight excluding hydrogens is 487 g/mol. The molecule has 6 aromatic rings. The Labute approximate surface area is 231 Å². The first-order valence-electron chi connectivity index (χ1n) is 13.5. The van der Waals surface area contributed by atoms with Gasteiger partial charge in [-0.2, -0.15) is 0 Å². The number of pyridine rings is 1. The van der Waals surface area contributed by atoms with Gasteiger partial charge in [0.2, 0.25) is 0 Å². The minimum absolute atomic E-state index is 0.992. The van der Waals surface area contributed by atoms with Crippen LogP contribution in [-0.4, -0.2) is 13.1 Å². The zero-order chi connectivity index (χ0) is 26.4. The van der Waals surface area contributed by atoms with E-state index in [1.165, 1.54) is 44.5 Å². The lowest BCUT2D eigenvalue weighted by Crippen LogP contribution is -2.49. The summed E-state index contributed by atoms with van der Waals surface area (Å²) in [4.78, 5) is 4.53. The van der Waals surface area contributed by atoms with Gasteiger partial charge < -0.3 is 0 Å². The van der Waals surface area contributed by atoms with Crippen LogP contribution >= 0.6 is 0 Å². The summed E-state index contributed by atoms with van der Waals surface area (Å²) < 4.78 is 0. The van der Waals surface area contributed by atoms with Crippen molar-refractivity contribution >= 4 is 18.4 Å². The predicted octanol–water partition coefficient (Wildman–Crippen LogP) is 8.55. The zero-order valence-electron chi connectivity index (χ0n) is 22.2. The first kappa shape index (κ1) is 23.6. The number of fused-ring (bicyclic) bond motifs is 3. The number of rotatable bonds is 4. The van der Waals surface area contributed by atoms with E-state index in [-0.39, 0.29) is 0 Å². The molecule has 0 bridgehead atoms. The summed E-state index contributed by atoms with van der Waals surface area (Å²) in [6.07, 6.45) is 1.85. The van der Waals surface area contributed by atoms with E-state index in [1.807, 2.05) is 18.3 Å². The maximum absolute atomic E-state index is 4.53. The number of hydrogen-bond acceptors (Lipinski definition) is 1. The standard InChI is InChI=1S/C37H29NSi/c1-39(2)36-18-4-3-16-33(36)34-20-19-31(25-37(34)39)29-13-8-11-27(23-29)26-10-7-12-28(22-26)30-14-9-15-32(24-30)35-17-5-6-21-38-35/h3-25H,1-2H3. The molecule has 1 aliphatic heterocycles. The molecule has 5 aromatic carbocycles. The number of aromatic nitrogens is 1. The van der Waals surface area contributed by atoms with E-state index < -0.39 is 8.07 Å². The van der Waals surface area contributed by atoms with Crippen LogP contribution in [0.3, 0.4) is 0 Å². The van der Waals surface area contributed by atoms with E-state index >= 15 is 0 Å². The molecule has 7 rings (SSSR count). The Morgan fingerprint density at radius 1 is 0.410 bits per heavy atom. The summed E-state index contributed by atoms with van der Waals surface area (Å²) in [5.41, 5.74) is 12.4. The van der Waals surface area contributed by atoms with E-state index in [1.54, 1.807) is 10.4 Å². The second-order valence-electron chi connectivity index (χ2n) is 10.9. The fraction of sp³-hybridized carbons (Fsp3) is 0.0541. The van der Waals surface area contributed by atoms with Crippen LogP contribution in [-0.2, 0) is 0 Å². The van der Waals surface area contributed by atoms with Crippen molar-refractivity contribution in [2.45, 2.75) is 13.1 Å². The topological polar surface area (TPSA) is 12.9 Å². The molecule has 0 N–H and O–H groups in total. The Hall–Kier alpha value is -4.53. The highest BCUT2D eigenvalue weighted by Crippen LogP contribution is 2.34. The summed E-state index contributed by atoms with van der Waals surface area (Å²) in [5, 5.41) is 3.09. The van der Waals surface area contributed by atoms with Gasteiger partial charge in [-0.3, -0.25) is 4.98 Å². The number of benzene rings is 5. The van der Waals surface area contributed by atoms with Crippen LogP contribution in [0.4, 0.5) is 0 Å². The quantitative estimate of drug-likeness (QED) is 0.214. The predicted molar refractivity (Wildman–Crippen MR) is 168 cm³/mol. The molecule has 2 heteroatoms. The fourth-order valence-electron chi connectivity index (χ4n) is 6.03. The molecule has 2 heterocycles. The molecule has 0 saturated heterocycles. The van der Waals surface area contributed by atoms with Crippen molar-refractivity contribution in [1.29, 1.82) is 0 Å². The summed E-state index contributed by atoms with van der Waals surface area (Å²) in [5.74, 6) is 0. The molecule has 1 aromatic heterocycles. The highest BCUT2D eigenvalue weighted by Gasteiger charge is 2.37. The molecule has 39 heavy (non-hydrogen) atoms. The van der Waals surface area contributed by atoms with Gasteiger partial charge in [0.15, 0.2) is 0 Å². The van der Waals surface area contributed by atoms with Gasteiger partial charge in [0.1, 0.15) is 8.07 Å². The van der Waals surface area contributed by atoms with Gasteiger partial charge in [-0.05, 0) is 85.2 Å². The maximum Gasteiger partial charge on any atom is 0.113 e. The largest absolute Gasteiger partial charge is 0.256 e. The molecule has 1 aliphatic rings. The lowest BCUT2D eigenvalue weighted by Gasteiger charge is -2.19. The van der Waals surface area contributed by atoms with Gasteiger partial charge in [-0.25, -0.2) is 0 Å². The first-order chi connectivity index (χ1) is 19.1. The monoisotopic (exact) mass is 515 g/mol. The highest BCUT2D eigenvalue weighted by atomic mass is 28.3. The van der Waals surface area contributed by atoms with Crippen LogP contribution in [0.5, 0.6) is 0 Å². The van der Waals surface area contributed by atoms with Gasteiger partial charge in [-0.1, -0.05) is 116 Å². The van der Waals surface area contributed by atoms with Crippen LogP contribution in [0, 0.1) is 0 Å². The average Bonchev–Trinajstić information content (AvgIpc) is 3.24. The van der Waals surface area contributed by atoms with E-state index in [4.69, 9.17) is 0 Å². The van der Waals surface area contributed by atoms with Crippen molar-refractivity contribution in [1.82, 2.24) is 4.98 Å². The molecule has 1 nitrogen and oxygen atoms in total. The van der Waals surface area contributed by atoms with Crippen molar-refractivity contribution in [2.75, 3.05) is 0 Å². The summed E-state index contributed by atoms with van der Waals surface area (Å²) in [7, 11) is -1.70. The second-order valence-corrected chi connectivity index (χ2v) is 15.2. The smallest absolute Gasteiger partial charge is 0.113 e. The highest BCUT2D eigenvalue weighted by molar-refractivity contribution is 7.03. The van der Waals surface area contributed by atoms with E-state index in [0.717, 1.165) is 11.3 Å². The molecule has 186 valence electrons. The third-order valence-corrected chi connectivity index (χ3v) is 11.7. The van der Waals surface area contributed by atoms with Gasteiger partial charge >= 0.3 is 0 Å². The Kier molecular flexibility index (Phi) is 5.64. The van der Waals surface area contributed by atoms with E-state index in [0.29, 0.717) is 0 Å². The SMILES string of the molecule is C[Si]1(C)c2ccccc2-c2ccc(-c3cccc(-c4cccc(-c5cccc(-c6ccccn6)c5)c4)c3)cc21. The molecule has 0 atom stereocenters. The van der Waals surface area contributed by atoms with Gasteiger partial charge in [-0.15, -0.1) is 0 Å². The van der Waals surface area contributed by atoms with Crippen molar-refractivity contribution in [3.05, 3.63) is 140 Å². The minimum atomic E-state index is -1.70. The summed E-state index contributed by atoms with van der Waals surface area (Å²) in [6.45, 7) is 4.96. The molecule has 0 amide bonds. The normalized spacial score (nSPS) is 13.1. The zero-order valence-corrected chi connectivity index (χ0v) is 23.2. The Morgan fingerprint density at radius 3 is 1.54 bits per heavy atom. The van der Waals surface area contributed by atoms with Gasteiger partial charge in [0.05, 0.1) is 5.69 Å². The van der Waals surface area contributed by atoms with Crippen molar-refractivity contribution in [3.63, 3.8) is 0 Å². The number of nitrogens with zero attached hydrogens (tertiary/aromatic N) is 1. The van der Waals surface area contributed by atoms with Crippen LogP contribution in [0.1, 0.15) is 0 Å². The molecule has 0 spiro atoms. The number of hydrogen-bond donors (Lipinski definition) is 0. The second kappa shape index (κ2) is 9.34.